The molecule has 184 valence electrons. The molecule has 1 aliphatic heterocycles. The first kappa shape index (κ1) is 24.9. The van der Waals surface area contributed by atoms with Gasteiger partial charge in [0.05, 0.1) is 16.8 Å². The Morgan fingerprint density at radius 1 is 1.17 bits per heavy atom. The van der Waals surface area contributed by atoms with E-state index in [4.69, 9.17) is 4.74 Å². The second kappa shape index (κ2) is 10.2. The molecule has 7 nitrogen and oxygen atoms in total. The number of sulfone groups is 1. The summed E-state index contributed by atoms with van der Waals surface area (Å²) in [5.74, 6) is -1.15. The van der Waals surface area contributed by atoms with Crippen molar-refractivity contribution in [3.05, 3.63) is 71.9 Å². The fourth-order valence-corrected chi connectivity index (χ4v) is 4.76. The van der Waals surface area contributed by atoms with Crippen molar-refractivity contribution in [3.8, 4) is 11.3 Å². The van der Waals surface area contributed by atoms with E-state index in [2.05, 4.69) is 9.97 Å². The van der Waals surface area contributed by atoms with Crippen LogP contribution in [-0.4, -0.2) is 43.4 Å². The largest absolute Gasteiger partial charge is 0.358 e. The van der Waals surface area contributed by atoms with E-state index in [1.165, 1.54) is 30.3 Å². The smallest absolute Gasteiger partial charge is 0.279 e. The van der Waals surface area contributed by atoms with Crippen molar-refractivity contribution in [1.82, 2.24) is 9.97 Å². The lowest BCUT2D eigenvalue weighted by Gasteiger charge is -2.34. The predicted octanol–water partition coefficient (Wildman–Crippen LogP) is 4.98. The van der Waals surface area contributed by atoms with Gasteiger partial charge in [-0.3, -0.25) is 14.7 Å². The minimum atomic E-state index is -3.40. The van der Waals surface area contributed by atoms with Crippen LogP contribution in [0.15, 0.2) is 59.8 Å². The first-order chi connectivity index (χ1) is 16.7. The zero-order chi connectivity index (χ0) is 25.2. The van der Waals surface area contributed by atoms with Crippen molar-refractivity contribution in [2.75, 3.05) is 17.8 Å². The number of halogens is 1. The van der Waals surface area contributed by atoms with Crippen LogP contribution in [0.25, 0.3) is 11.3 Å². The van der Waals surface area contributed by atoms with Crippen LogP contribution in [-0.2, 0) is 14.6 Å². The summed E-state index contributed by atoms with van der Waals surface area (Å²) in [5.41, 5.74) is 1.54. The van der Waals surface area contributed by atoms with Crippen LogP contribution in [0, 0.1) is 5.82 Å². The van der Waals surface area contributed by atoms with E-state index < -0.39 is 27.8 Å². The van der Waals surface area contributed by atoms with Gasteiger partial charge >= 0.3 is 0 Å². The summed E-state index contributed by atoms with van der Waals surface area (Å²) in [6.45, 7) is 4.29. The van der Waals surface area contributed by atoms with Crippen LogP contribution in [0.1, 0.15) is 55.1 Å². The number of rotatable bonds is 6. The molecule has 0 radical (unpaired) electrons. The molecule has 2 aromatic heterocycles. The third kappa shape index (κ3) is 5.41. The van der Waals surface area contributed by atoms with Gasteiger partial charge in [0.2, 0.25) is 0 Å². The number of hydrogen-bond donors (Lipinski definition) is 0. The van der Waals surface area contributed by atoms with Crippen molar-refractivity contribution in [2.24, 2.45) is 0 Å². The molecule has 35 heavy (non-hydrogen) atoms. The molecule has 0 saturated carbocycles. The Morgan fingerprint density at radius 3 is 2.49 bits per heavy atom. The Bertz CT molecular complexity index is 1310. The van der Waals surface area contributed by atoms with Gasteiger partial charge in [-0.15, -0.1) is 0 Å². The van der Waals surface area contributed by atoms with Gasteiger partial charge in [0.25, 0.3) is 5.91 Å². The summed E-state index contributed by atoms with van der Waals surface area (Å²) < 4.78 is 44.8. The molecule has 0 bridgehead atoms. The summed E-state index contributed by atoms with van der Waals surface area (Å²) >= 11 is 0. The molecule has 3 heterocycles. The van der Waals surface area contributed by atoms with Gasteiger partial charge in [0.1, 0.15) is 23.4 Å². The van der Waals surface area contributed by atoms with E-state index in [9.17, 15) is 13.2 Å². The molecule has 3 aromatic rings. The quantitative estimate of drug-likeness (QED) is 0.477. The number of nitrogens with zero attached hydrogens (tertiary/aromatic N) is 3. The molecule has 1 amide bonds. The highest BCUT2D eigenvalue weighted by molar-refractivity contribution is 7.90. The molecule has 1 fully saturated rings. The number of aromatic nitrogens is 2. The van der Waals surface area contributed by atoms with Crippen molar-refractivity contribution in [3.63, 3.8) is 0 Å². The second-order valence-electron chi connectivity index (χ2n) is 8.92. The zero-order valence-corrected chi connectivity index (χ0v) is 20.8. The molecule has 0 aliphatic carbocycles. The van der Waals surface area contributed by atoms with Crippen molar-refractivity contribution < 1.29 is 22.3 Å². The van der Waals surface area contributed by atoms with E-state index in [-0.39, 0.29) is 22.2 Å². The van der Waals surface area contributed by atoms with Gasteiger partial charge in [-0.25, -0.2) is 17.8 Å². The molecule has 1 saturated heterocycles. The maximum atomic E-state index is 15.2. The van der Waals surface area contributed by atoms with E-state index in [0.29, 0.717) is 29.8 Å². The van der Waals surface area contributed by atoms with Crippen LogP contribution in [0.5, 0.6) is 0 Å². The zero-order valence-electron chi connectivity index (χ0n) is 19.9. The number of ether oxygens (including phenoxy) is 1. The third-order valence-electron chi connectivity index (χ3n) is 5.97. The molecule has 9 heteroatoms. The summed E-state index contributed by atoms with van der Waals surface area (Å²) in [6.07, 6.45) is 6.35. The predicted molar refractivity (Wildman–Crippen MR) is 131 cm³/mol. The highest BCUT2D eigenvalue weighted by Crippen LogP contribution is 2.31. The number of amides is 1. The van der Waals surface area contributed by atoms with Crippen molar-refractivity contribution in [2.45, 2.75) is 50.2 Å². The summed E-state index contributed by atoms with van der Waals surface area (Å²) in [7, 11) is -3.40. The highest BCUT2D eigenvalue weighted by atomic mass is 32.2. The molecular weight excluding hydrogens is 469 g/mol. The van der Waals surface area contributed by atoms with Gasteiger partial charge in [-0.1, -0.05) is 26.0 Å². The number of hydrogen-bond acceptors (Lipinski definition) is 6. The minimum absolute atomic E-state index is 0.0199. The average molecular weight is 498 g/mol. The number of carbonyl (C=O) groups excluding carboxylic acids is 1. The van der Waals surface area contributed by atoms with E-state index in [1.807, 2.05) is 13.8 Å². The summed E-state index contributed by atoms with van der Waals surface area (Å²) in [4.78, 5) is 24.3. The third-order valence-corrected chi connectivity index (χ3v) is 7.10. The van der Waals surface area contributed by atoms with E-state index in [1.54, 1.807) is 29.4 Å². The average Bonchev–Trinajstić information content (AvgIpc) is 2.85. The molecule has 0 spiro atoms. The first-order valence-electron chi connectivity index (χ1n) is 11.5. The Kier molecular flexibility index (Phi) is 7.28. The van der Waals surface area contributed by atoms with Gasteiger partial charge < -0.3 is 4.74 Å². The standard InChI is InChI=1S/C26H28FN3O4S/c1-17(2)21-15-22(27)24(18-9-11-20(12-10-18)35(3,32)33)29-25(21)26(31)30(19-7-6-13-28-16-19)23-8-4-5-14-34-23/h6-7,9-13,15-17,23H,4-5,8,14H2,1-3H3. The van der Waals surface area contributed by atoms with Crippen LogP contribution >= 0.6 is 0 Å². The summed E-state index contributed by atoms with van der Waals surface area (Å²) in [6, 6.07) is 10.7. The van der Waals surface area contributed by atoms with Crippen molar-refractivity contribution in [1.29, 1.82) is 0 Å². The fraction of sp³-hybridized carbons (Fsp3) is 0.346. The Hall–Kier alpha value is -3.17. The second-order valence-corrected chi connectivity index (χ2v) is 10.9. The van der Waals surface area contributed by atoms with Gasteiger partial charge in [-0.05, 0) is 61.1 Å². The minimum Gasteiger partial charge on any atom is -0.358 e. The Morgan fingerprint density at radius 2 is 1.91 bits per heavy atom. The van der Waals surface area contributed by atoms with Gasteiger partial charge in [0, 0.05) is 24.6 Å². The maximum absolute atomic E-state index is 15.2. The summed E-state index contributed by atoms with van der Waals surface area (Å²) in [5, 5.41) is 0. The lowest BCUT2D eigenvalue weighted by Crippen LogP contribution is -2.44. The molecule has 1 aliphatic rings. The Labute approximate surface area is 204 Å². The lowest BCUT2D eigenvalue weighted by atomic mass is 9.98. The van der Waals surface area contributed by atoms with E-state index in [0.717, 1.165) is 19.1 Å². The molecular formula is C26H28FN3O4S. The topological polar surface area (TPSA) is 89.5 Å². The number of benzene rings is 1. The fourth-order valence-electron chi connectivity index (χ4n) is 4.13. The van der Waals surface area contributed by atoms with Crippen LogP contribution in [0.2, 0.25) is 0 Å². The number of anilines is 1. The monoisotopic (exact) mass is 497 g/mol. The maximum Gasteiger partial charge on any atom is 0.279 e. The molecule has 0 N–H and O–H groups in total. The molecule has 1 unspecified atom stereocenters. The SMILES string of the molecule is CC(C)c1cc(F)c(-c2ccc(S(C)(=O)=O)cc2)nc1C(=O)N(c1cccnc1)C1CCCCO1. The van der Waals surface area contributed by atoms with Crippen LogP contribution in [0.4, 0.5) is 10.1 Å². The Balaban J connectivity index is 1.83. The van der Waals surface area contributed by atoms with Gasteiger partial charge in [-0.2, -0.15) is 0 Å². The lowest BCUT2D eigenvalue weighted by molar-refractivity contribution is 0.0143. The molecule has 1 atom stereocenters. The van der Waals surface area contributed by atoms with Crippen molar-refractivity contribution >= 4 is 21.4 Å². The molecule has 1 aromatic carbocycles. The molecule has 4 rings (SSSR count). The van der Waals surface area contributed by atoms with E-state index >= 15 is 4.39 Å². The van der Waals surface area contributed by atoms with Crippen LogP contribution in [0.3, 0.4) is 0 Å². The number of carbonyl (C=O) groups is 1. The van der Waals surface area contributed by atoms with Gasteiger partial charge in [0.15, 0.2) is 9.84 Å². The highest BCUT2D eigenvalue weighted by Gasteiger charge is 2.32. The first-order valence-corrected chi connectivity index (χ1v) is 13.4. The normalized spacial score (nSPS) is 16.3. The number of pyridine rings is 2. The van der Waals surface area contributed by atoms with Crippen LogP contribution < -0.4 is 4.90 Å².